The average Bonchev–Trinajstić information content (AvgIpc) is 2.48. The van der Waals surface area contributed by atoms with Crippen LogP contribution in [-0.4, -0.2) is 36.5 Å². The number of hydrogen-bond acceptors (Lipinski definition) is 3. The summed E-state index contributed by atoms with van der Waals surface area (Å²) in [6.45, 7) is 2.13. The molecule has 1 aromatic carbocycles. The molecule has 2 rings (SSSR count). The van der Waals surface area contributed by atoms with Gasteiger partial charge in [0.25, 0.3) is 5.91 Å². The van der Waals surface area contributed by atoms with E-state index in [1.54, 1.807) is 6.92 Å². The number of halogens is 1. The maximum absolute atomic E-state index is 13.3. The molecule has 0 aliphatic carbocycles. The van der Waals surface area contributed by atoms with Gasteiger partial charge in [-0.05, 0) is 49.9 Å². The highest BCUT2D eigenvalue weighted by molar-refractivity contribution is 5.97. The number of amides is 1. The van der Waals surface area contributed by atoms with Gasteiger partial charge in [0.2, 0.25) is 0 Å². The van der Waals surface area contributed by atoms with E-state index >= 15 is 0 Å². The van der Waals surface area contributed by atoms with Crippen molar-refractivity contribution in [2.75, 3.05) is 13.7 Å². The number of esters is 1. The highest BCUT2D eigenvalue weighted by Crippen LogP contribution is 2.21. The van der Waals surface area contributed by atoms with E-state index in [-0.39, 0.29) is 11.7 Å². The van der Waals surface area contributed by atoms with Gasteiger partial charge in [0.15, 0.2) is 0 Å². The first-order valence-electron chi connectivity index (χ1n) is 6.69. The van der Waals surface area contributed by atoms with Gasteiger partial charge in [-0.25, -0.2) is 9.18 Å². The standard InChI is InChI=1S/C15H18FNO3/c1-10-9-11(6-7-12(10)16)14(18)17-8-4-3-5-13(17)15(19)20-2/h6-7,9,13H,3-5,8H2,1-2H3. The number of benzene rings is 1. The smallest absolute Gasteiger partial charge is 0.328 e. The van der Waals surface area contributed by atoms with Crippen LogP contribution in [0, 0.1) is 12.7 Å². The molecule has 1 fully saturated rings. The Morgan fingerprint density at radius 1 is 1.35 bits per heavy atom. The van der Waals surface area contributed by atoms with Gasteiger partial charge in [0, 0.05) is 12.1 Å². The van der Waals surface area contributed by atoms with Gasteiger partial charge in [0.1, 0.15) is 11.9 Å². The topological polar surface area (TPSA) is 46.6 Å². The van der Waals surface area contributed by atoms with Crippen LogP contribution in [-0.2, 0) is 9.53 Å². The SMILES string of the molecule is COC(=O)C1CCCCN1C(=O)c1ccc(F)c(C)c1. The summed E-state index contributed by atoms with van der Waals surface area (Å²) in [5.41, 5.74) is 0.821. The largest absolute Gasteiger partial charge is 0.467 e. The first-order valence-corrected chi connectivity index (χ1v) is 6.69. The molecular formula is C15H18FNO3. The molecule has 1 unspecified atom stereocenters. The molecule has 4 nitrogen and oxygen atoms in total. The maximum atomic E-state index is 13.3. The van der Waals surface area contributed by atoms with Gasteiger partial charge in [-0.1, -0.05) is 0 Å². The molecule has 0 bridgehead atoms. The Bertz CT molecular complexity index is 530. The summed E-state index contributed by atoms with van der Waals surface area (Å²) in [6.07, 6.45) is 2.37. The third kappa shape index (κ3) is 2.81. The van der Waals surface area contributed by atoms with Crippen molar-refractivity contribution in [2.24, 2.45) is 0 Å². The van der Waals surface area contributed by atoms with Crippen molar-refractivity contribution in [1.82, 2.24) is 4.90 Å². The Kier molecular flexibility index (Phi) is 4.37. The molecule has 1 heterocycles. The molecule has 1 atom stereocenters. The van der Waals surface area contributed by atoms with Crippen molar-refractivity contribution in [3.05, 3.63) is 35.1 Å². The molecule has 5 heteroatoms. The van der Waals surface area contributed by atoms with Crippen molar-refractivity contribution < 1.29 is 18.7 Å². The summed E-state index contributed by atoms with van der Waals surface area (Å²) in [7, 11) is 1.32. The number of nitrogens with zero attached hydrogens (tertiary/aromatic N) is 1. The fourth-order valence-corrected chi connectivity index (χ4v) is 2.50. The molecule has 0 saturated carbocycles. The second-order valence-electron chi connectivity index (χ2n) is 5.00. The van der Waals surface area contributed by atoms with Crippen molar-refractivity contribution >= 4 is 11.9 Å². The van der Waals surface area contributed by atoms with Crippen molar-refractivity contribution in [3.8, 4) is 0 Å². The van der Waals surface area contributed by atoms with E-state index in [4.69, 9.17) is 4.74 Å². The van der Waals surface area contributed by atoms with Crippen LogP contribution in [0.2, 0.25) is 0 Å². The van der Waals surface area contributed by atoms with Crippen molar-refractivity contribution in [1.29, 1.82) is 0 Å². The summed E-state index contributed by atoms with van der Waals surface area (Å²) < 4.78 is 18.0. The van der Waals surface area contributed by atoms with Crippen molar-refractivity contribution in [2.45, 2.75) is 32.2 Å². The average molecular weight is 279 g/mol. The number of carbonyl (C=O) groups is 2. The molecule has 0 radical (unpaired) electrons. The number of piperidine rings is 1. The fraction of sp³-hybridized carbons (Fsp3) is 0.467. The molecule has 1 aliphatic rings. The lowest BCUT2D eigenvalue weighted by Gasteiger charge is -2.33. The molecule has 1 amide bonds. The lowest BCUT2D eigenvalue weighted by atomic mass is 10.0. The van der Waals surface area contributed by atoms with Gasteiger partial charge in [-0.2, -0.15) is 0 Å². The van der Waals surface area contributed by atoms with Crippen LogP contribution in [0.25, 0.3) is 0 Å². The second kappa shape index (κ2) is 6.03. The van der Waals surface area contributed by atoms with Crippen LogP contribution in [0.4, 0.5) is 4.39 Å². The minimum Gasteiger partial charge on any atom is -0.467 e. The summed E-state index contributed by atoms with van der Waals surface area (Å²) >= 11 is 0. The lowest BCUT2D eigenvalue weighted by molar-refractivity contribution is -0.147. The van der Waals surface area contributed by atoms with Crippen LogP contribution in [0.5, 0.6) is 0 Å². The third-order valence-electron chi connectivity index (χ3n) is 3.64. The molecule has 108 valence electrons. The number of ether oxygens (including phenoxy) is 1. The zero-order valence-corrected chi connectivity index (χ0v) is 11.7. The quantitative estimate of drug-likeness (QED) is 0.780. The second-order valence-corrected chi connectivity index (χ2v) is 5.00. The first-order chi connectivity index (χ1) is 9.54. The van der Waals surface area contributed by atoms with E-state index < -0.39 is 12.0 Å². The third-order valence-corrected chi connectivity index (χ3v) is 3.64. The molecule has 0 aromatic heterocycles. The predicted octanol–water partition coefficient (Wildman–Crippen LogP) is 2.30. The van der Waals surface area contributed by atoms with E-state index in [2.05, 4.69) is 0 Å². The maximum Gasteiger partial charge on any atom is 0.328 e. The predicted molar refractivity (Wildman–Crippen MR) is 71.8 cm³/mol. The van der Waals surface area contributed by atoms with Gasteiger partial charge in [0.05, 0.1) is 7.11 Å². The fourth-order valence-electron chi connectivity index (χ4n) is 2.50. The van der Waals surface area contributed by atoms with Gasteiger partial charge >= 0.3 is 5.97 Å². The molecule has 1 saturated heterocycles. The summed E-state index contributed by atoms with van der Waals surface area (Å²) in [6, 6.07) is 3.71. The number of likely N-dealkylation sites (tertiary alicyclic amines) is 1. The van der Waals surface area contributed by atoms with Crippen LogP contribution in [0.1, 0.15) is 35.2 Å². The summed E-state index contributed by atoms with van der Waals surface area (Å²) in [5, 5.41) is 0. The molecule has 1 aromatic rings. The monoisotopic (exact) mass is 279 g/mol. The number of aryl methyl sites for hydroxylation is 1. The van der Waals surface area contributed by atoms with E-state index in [1.165, 1.54) is 30.2 Å². The van der Waals surface area contributed by atoms with E-state index in [9.17, 15) is 14.0 Å². The Morgan fingerprint density at radius 2 is 2.10 bits per heavy atom. The molecule has 20 heavy (non-hydrogen) atoms. The highest BCUT2D eigenvalue weighted by atomic mass is 19.1. The minimum atomic E-state index is -0.536. The number of methoxy groups -OCH3 is 1. The van der Waals surface area contributed by atoms with Gasteiger partial charge < -0.3 is 9.64 Å². The Morgan fingerprint density at radius 3 is 2.75 bits per heavy atom. The summed E-state index contributed by atoms with van der Waals surface area (Å²) in [5.74, 6) is -0.982. The Hall–Kier alpha value is -1.91. The lowest BCUT2D eigenvalue weighted by Crippen LogP contribution is -2.48. The first kappa shape index (κ1) is 14.5. The molecule has 0 N–H and O–H groups in total. The van der Waals surface area contributed by atoms with Crippen LogP contribution in [0.15, 0.2) is 18.2 Å². The highest BCUT2D eigenvalue weighted by Gasteiger charge is 2.33. The van der Waals surface area contributed by atoms with Crippen LogP contribution >= 0.6 is 0 Å². The molecule has 0 spiro atoms. The van der Waals surface area contributed by atoms with Crippen LogP contribution in [0.3, 0.4) is 0 Å². The van der Waals surface area contributed by atoms with Crippen molar-refractivity contribution in [3.63, 3.8) is 0 Å². The zero-order valence-electron chi connectivity index (χ0n) is 11.7. The van der Waals surface area contributed by atoms with Crippen LogP contribution < -0.4 is 0 Å². The van der Waals surface area contributed by atoms with E-state index in [0.29, 0.717) is 24.1 Å². The molecule has 1 aliphatic heterocycles. The minimum absolute atomic E-state index is 0.247. The number of hydrogen-bond donors (Lipinski definition) is 0. The Labute approximate surface area is 117 Å². The Balaban J connectivity index is 2.25. The van der Waals surface area contributed by atoms with E-state index in [0.717, 1.165) is 12.8 Å². The number of carbonyl (C=O) groups excluding carboxylic acids is 2. The van der Waals surface area contributed by atoms with E-state index in [1.807, 2.05) is 0 Å². The zero-order chi connectivity index (χ0) is 14.7. The number of rotatable bonds is 2. The molecular weight excluding hydrogens is 261 g/mol. The van der Waals surface area contributed by atoms with Gasteiger partial charge in [-0.3, -0.25) is 4.79 Å². The summed E-state index contributed by atoms with van der Waals surface area (Å²) in [4.78, 5) is 25.8. The van der Waals surface area contributed by atoms with Gasteiger partial charge in [-0.15, -0.1) is 0 Å². The normalized spacial score (nSPS) is 18.8.